The van der Waals surface area contributed by atoms with E-state index in [-0.39, 0.29) is 11.8 Å². The topological polar surface area (TPSA) is 80.8 Å². The number of para-hydroxylation sites is 1. The van der Waals surface area contributed by atoms with E-state index in [0.717, 1.165) is 11.4 Å². The van der Waals surface area contributed by atoms with Crippen molar-refractivity contribution in [2.24, 2.45) is 0 Å². The third kappa shape index (κ3) is 5.77. The SMILES string of the molecule is CC(=O)OC(C)(C)CNc1ccc(OC(=O)N(C)c2ccccc2)nc1. The van der Waals surface area contributed by atoms with E-state index < -0.39 is 11.7 Å². The van der Waals surface area contributed by atoms with Crippen LogP contribution in [0.2, 0.25) is 0 Å². The maximum absolute atomic E-state index is 12.2. The van der Waals surface area contributed by atoms with Crippen LogP contribution in [0.1, 0.15) is 20.8 Å². The quantitative estimate of drug-likeness (QED) is 0.797. The van der Waals surface area contributed by atoms with Crippen LogP contribution in [0.4, 0.5) is 16.2 Å². The van der Waals surface area contributed by atoms with Gasteiger partial charge >= 0.3 is 12.1 Å². The number of nitrogens with one attached hydrogen (secondary N) is 1. The Kier molecular flexibility index (Phi) is 6.16. The van der Waals surface area contributed by atoms with Crippen LogP contribution in [0.3, 0.4) is 0 Å². The summed E-state index contributed by atoms with van der Waals surface area (Å²) in [6.45, 7) is 5.41. The lowest BCUT2D eigenvalue weighted by atomic mass is 10.1. The van der Waals surface area contributed by atoms with Gasteiger partial charge in [-0.3, -0.25) is 9.69 Å². The summed E-state index contributed by atoms with van der Waals surface area (Å²) in [5.74, 6) is -0.137. The first-order chi connectivity index (χ1) is 12.3. The van der Waals surface area contributed by atoms with Gasteiger partial charge in [0.05, 0.1) is 18.4 Å². The number of ether oxygens (including phenoxy) is 2. The molecule has 1 amide bonds. The standard InChI is InChI=1S/C19H23N3O4/c1-14(23)26-19(2,3)13-21-15-10-11-17(20-12-15)25-18(24)22(4)16-8-6-5-7-9-16/h5-12,21H,13H2,1-4H3. The largest absolute Gasteiger partial charge is 0.458 e. The molecule has 0 radical (unpaired) electrons. The van der Waals surface area contributed by atoms with Gasteiger partial charge < -0.3 is 14.8 Å². The first-order valence-corrected chi connectivity index (χ1v) is 8.17. The third-order valence-electron chi connectivity index (χ3n) is 3.48. The van der Waals surface area contributed by atoms with Crippen molar-refractivity contribution in [2.45, 2.75) is 26.4 Å². The Balaban J connectivity index is 1.91. The maximum atomic E-state index is 12.2. The lowest BCUT2D eigenvalue weighted by Gasteiger charge is -2.25. The van der Waals surface area contributed by atoms with Crippen molar-refractivity contribution in [3.8, 4) is 5.88 Å². The summed E-state index contributed by atoms with van der Waals surface area (Å²) in [7, 11) is 1.63. The number of amides is 1. The molecular weight excluding hydrogens is 334 g/mol. The number of hydrogen-bond donors (Lipinski definition) is 1. The molecule has 7 nitrogen and oxygen atoms in total. The Bertz CT molecular complexity index is 745. The molecule has 0 atom stereocenters. The molecule has 2 aromatic rings. The van der Waals surface area contributed by atoms with Gasteiger partial charge in [0.15, 0.2) is 0 Å². The average molecular weight is 357 g/mol. The molecule has 0 aliphatic carbocycles. The van der Waals surface area contributed by atoms with E-state index >= 15 is 0 Å². The predicted octanol–water partition coefficient (Wildman–Crippen LogP) is 3.47. The van der Waals surface area contributed by atoms with Gasteiger partial charge in [0.25, 0.3) is 0 Å². The smallest absolute Gasteiger partial charge is 0.420 e. The van der Waals surface area contributed by atoms with Crippen molar-refractivity contribution in [2.75, 3.05) is 23.8 Å². The number of carbonyl (C=O) groups excluding carboxylic acids is 2. The highest BCUT2D eigenvalue weighted by Crippen LogP contribution is 2.17. The van der Waals surface area contributed by atoms with Crippen molar-refractivity contribution < 1.29 is 19.1 Å². The van der Waals surface area contributed by atoms with E-state index in [2.05, 4.69) is 10.3 Å². The van der Waals surface area contributed by atoms with Gasteiger partial charge in [-0.1, -0.05) is 18.2 Å². The number of esters is 1. The molecule has 1 aromatic heterocycles. The number of aromatic nitrogens is 1. The van der Waals surface area contributed by atoms with Crippen molar-refractivity contribution >= 4 is 23.4 Å². The normalized spacial score (nSPS) is 10.8. The van der Waals surface area contributed by atoms with E-state index in [1.165, 1.54) is 11.8 Å². The van der Waals surface area contributed by atoms with Gasteiger partial charge in [-0.25, -0.2) is 9.78 Å². The summed E-state index contributed by atoms with van der Waals surface area (Å²) >= 11 is 0. The molecule has 0 spiro atoms. The zero-order valence-electron chi connectivity index (χ0n) is 15.4. The van der Waals surface area contributed by atoms with Crippen LogP contribution in [0.15, 0.2) is 48.7 Å². The molecule has 7 heteroatoms. The Morgan fingerprint density at radius 1 is 1.15 bits per heavy atom. The van der Waals surface area contributed by atoms with Gasteiger partial charge in [0, 0.05) is 25.7 Å². The molecule has 1 N–H and O–H groups in total. The van der Waals surface area contributed by atoms with Crippen LogP contribution in [0.5, 0.6) is 5.88 Å². The first-order valence-electron chi connectivity index (χ1n) is 8.17. The van der Waals surface area contributed by atoms with Gasteiger partial charge in [0.1, 0.15) is 5.60 Å². The third-order valence-corrected chi connectivity index (χ3v) is 3.48. The number of pyridine rings is 1. The van der Waals surface area contributed by atoms with Crippen molar-refractivity contribution in [3.05, 3.63) is 48.7 Å². The number of benzene rings is 1. The molecule has 0 saturated carbocycles. The lowest BCUT2D eigenvalue weighted by molar-refractivity contribution is -0.152. The van der Waals surface area contributed by atoms with Crippen LogP contribution in [0.25, 0.3) is 0 Å². The molecule has 138 valence electrons. The summed E-state index contributed by atoms with van der Waals surface area (Å²) in [5, 5.41) is 3.13. The monoisotopic (exact) mass is 357 g/mol. The number of nitrogens with zero attached hydrogens (tertiary/aromatic N) is 2. The first kappa shape index (κ1) is 19.2. The minimum atomic E-state index is -0.643. The second kappa shape index (κ2) is 8.33. The highest BCUT2D eigenvalue weighted by molar-refractivity contribution is 5.88. The fourth-order valence-electron chi connectivity index (χ4n) is 2.20. The molecule has 0 saturated heterocycles. The fourth-order valence-corrected chi connectivity index (χ4v) is 2.20. The molecule has 0 aliphatic rings. The second-order valence-electron chi connectivity index (χ2n) is 6.35. The zero-order valence-corrected chi connectivity index (χ0v) is 15.4. The highest BCUT2D eigenvalue weighted by Gasteiger charge is 2.21. The number of anilines is 2. The summed E-state index contributed by atoms with van der Waals surface area (Å²) in [6.07, 6.45) is 1.02. The molecular formula is C19H23N3O4. The second-order valence-corrected chi connectivity index (χ2v) is 6.35. The van der Waals surface area contributed by atoms with Gasteiger partial charge in [0.2, 0.25) is 5.88 Å². The van der Waals surface area contributed by atoms with Crippen molar-refractivity contribution in [1.29, 1.82) is 0 Å². The predicted molar refractivity (Wildman–Crippen MR) is 99.4 cm³/mol. The maximum Gasteiger partial charge on any atom is 0.420 e. The van der Waals surface area contributed by atoms with Gasteiger partial charge in [-0.15, -0.1) is 0 Å². The van der Waals surface area contributed by atoms with E-state index in [0.29, 0.717) is 6.54 Å². The molecule has 0 bridgehead atoms. The van der Waals surface area contributed by atoms with Crippen molar-refractivity contribution in [3.63, 3.8) is 0 Å². The number of rotatable bonds is 6. The molecule has 0 aliphatic heterocycles. The zero-order chi connectivity index (χ0) is 19.2. The number of hydrogen-bond acceptors (Lipinski definition) is 6. The van der Waals surface area contributed by atoms with Crippen molar-refractivity contribution in [1.82, 2.24) is 4.98 Å². The van der Waals surface area contributed by atoms with E-state index in [9.17, 15) is 9.59 Å². The van der Waals surface area contributed by atoms with Crippen LogP contribution in [-0.4, -0.2) is 36.2 Å². The minimum Gasteiger partial charge on any atom is -0.458 e. The molecule has 26 heavy (non-hydrogen) atoms. The Morgan fingerprint density at radius 3 is 2.42 bits per heavy atom. The van der Waals surface area contributed by atoms with Crippen LogP contribution in [0, 0.1) is 0 Å². The van der Waals surface area contributed by atoms with Crippen LogP contribution < -0.4 is 15.0 Å². The average Bonchev–Trinajstić information content (AvgIpc) is 2.60. The van der Waals surface area contributed by atoms with E-state index in [1.54, 1.807) is 25.4 Å². The summed E-state index contributed by atoms with van der Waals surface area (Å²) in [5.41, 5.74) is 0.806. The molecule has 0 unspecified atom stereocenters. The molecule has 1 aromatic carbocycles. The number of carbonyl (C=O) groups is 2. The molecule has 0 fully saturated rings. The van der Waals surface area contributed by atoms with Crippen LogP contribution >= 0.6 is 0 Å². The Labute approximate surface area is 152 Å². The van der Waals surface area contributed by atoms with E-state index in [4.69, 9.17) is 9.47 Å². The summed E-state index contributed by atoms with van der Waals surface area (Å²) in [6, 6.07) is 12.5. The highest BCUT2D eigenvalue weighted by atomic mass is 16.6. The van der Waals surface area contributed by atoms with Crippen LogP contribution in [-0.2, 0) is 9.53 Å². The Morgan fingerprint density at radius 2 is 1.85 bits per heavy atom. The van der Waals surface area contributed by atoms with Gasteiger partial charge in [-0.05, 0) is 32.0 Å². The van der Waals surface area contributed by atoms with Gasteiger partial charge in [-0.2, -0.15) is 0 Å². The fraction of sp³-hybridized carbons (Fsp3) is 0.316. The molecule has 2 rings (SSSR count). The Hall–Kier alpha value is -3.09. The lowest BCUT2D eigenvalue weighted by Crippen LogP contribution is -2.35. The summed E-state index contributed by atoms with van der Waals surface area (Å²) < 4.78 is 10.5. The minimum absolute atomic E-state index is 0.197. The summed E-state index contributed by atoms with van der Waals surface area (Å²) in [4.78, 5) is 28.7. The molecule has 1 heterocycles. The van der Waals surface area contributed by atoms with E-state index in [1.807, 2.05) is 44.2 Å².